The molecule has 1 aliphatic rings. The van der Waals surface area contributed by atoms with Crippen LogP contribution in [-0.4, -0.2) is 40.8 Å². The number of rotatable bonds is 5. The lowest BCUT2D eigenvalue weighted by atomic mass is 10.0. The molecule has 1 unspecified atom stereocenters. The van der Waals surface area contributed by atoms with Gasteiger partial charge in [-0.2, -0.15) is 0 Å². The second-order valence-corrected chi connectivity index (χ2v) is 5.01. The molecule has 0 saturated carbocycles. The smallest absolute Gasteiger partial charge is 0.119 e. The summed E-state index contributed by atoms with van der Waals surface area (Å²) in [5, 5.41) is 22.4. The molecule has 4 heteroatoms. The van der Waals surface area contributed by atoms with Gasteiger partial charge in [-0.05, 0) is 37.6 Å². The highest BCUT2D eigenvalue weighted by Gasteiger charge is 2.28. The molecular weight excluding hydrogens is 228 g/mol. The van der Waals surface area contributed by atoms with E-state index in [-0.39, 0.29) is 17.5 Å². The molecule has 1 fully saturated rings. The lowest BCUT2D eigenvalue weighted by Gasteiger charge is -2.42. The topological polar surface area (TPSA) is 55.7 Å². The maximum Gasteiger partial charge on any atom is 0.119 e. The third-order valence-corrected chi connectivity index (χ3v) is 3.62. The minimum absolute atomic E-state index is 0.125. The van der Waals surface area contributed by atoms with Crippen LogP contribution in [-0.2, 0) is 0 Å². The highest BCUT2D eigenvalue weighted by atomic mass is 16.3. The molecule has 0 aliphatic carbocycles. The number of benzene rings is 1. The van der Waals surface area contributed by atoms with Crippen LogP contribution in [0.4, 0.5) is 0 Å². The summed E-state index contributed by atoms with van der Waals surface area (Å²) < 4.78 is 0. The molecule has 1 saturated heterocycles. The minimum Gasteiger partial charge on any atom is -0.508 e. The zero-order chi connectivity index (χ0) is 13.1. The first-order chi connectivity index (χ1) is 8.61. The molecule has 0 bridgehead atoms. The Balaban J connectivity index is 2.17. The summed E-state index contributed by atoms with van der Waals surface area (Å²) in [4.78, 5) is 2.44. The highest BCUT2D eigenvalue weighted by Crippen LogP contribution is 2.30. The zero-order valence-corrected chi connectivity index (χ0v) is 11.1. The van der Waals surface area contributed by atoms with E-state index < -0.39 is 0 Å². The Hall–Kier alpha value is -1.26. The number of hydrogen-bond donors (Lipinski definition) is 3. The summed E-state index contributed by atoms with van der Waals surface area (Å²) >= 11 is 0. The average molecular weight is 250 g/mol. The number of nitrogens with one attached hydrogen (secondary N) is 1. The van der Waals surface area contributed by atoms with Gasteiger partial charge in [0.15, 0.2) is 0 Å². The van der Waals surface area contributed by atoms with Crippen LogP contribution < -0.4 is 5.32 Å². The van der Waals surface area contributed by atoms with Crippen LogP contribution in [0.25, 0.3) is 0 Å². The zero-order valence-electron chi connectivity index (χ0n) is 11.1. The quantitative estimate of drug-likeness (QED) is 0.746. The lowest BCUT2D eigenvalue weighted by molar-refractivity contribution is 0.103. The van der Waals surface area contributed by atoms with Crippen LogP contribution in [0.2, 0.25) is 0 Å². The number of aromatic hydroxyl groups is 2. The van der Waals surface area contributed by atoms with Crippen LogP contribution in [0.3, 0.4) is 0 Å². The van der Waals surface area contributed by atoms with Crippen molar-refractivity contribution >= 4 is 0 Å². The molecule has 18 heavy (non-hydrogen) atoms. The Bertz CT molecular complexity index is 385. The third kappa shape index (κ3) is 2.76. The van der Waals surface area contributed by atoms with Crippen LogP contribution in [0.1, 0.15) is 31.9 Å². The van der Waals surface area contributed by atoms with Gasteiger partial charge in [-0.25, -0.2) is 0 Å². The average Bonchev–Trinajstić information content (AvgIpc) is 2.23. The van der Waals surface area contributed by atoms with Crippen molar-refractivity contribution in [3.8, 4) is 11.5 Å². The fraction of sp³-hybridized carbons (Fsp3) is 0.571. The Morgan fingerprint density at radius 3 is 2.33 bits per heavy atom. The maximum absolute atomic E-state index is 9.57. The Labute approximate surface area is 108 Å². The molecule has 0 aromatic heterocycles. The van der Waals surface area contributed by atoms with Gasteiger partial charge in [-0.1, -0.05) is 6.92 Å². The van der Waals surface area contributed by atoms with E-state index in [4.69, 9.17) is 0 Å². The van der Waals surface area contributed by atoms with Crippen molar-refractivity contribution in [1.82, 2.24) is 10.2 Å². The van der Waals surface area contributed by atoms with Crippen molar-refractivity contribution in [2.24, 2.45) is 0 Å². The third-order valence-electron chi connectivity index (χ3n) is 3.62. The van der Waals surface area contributed by atoms with E-state index >= 15 is 0 Å². The molecule has 1 aromatic rings. The van der Waals surface area contributed by atoms with Crippen molar-refractivity contribution < 1.29 is 10.2 Å². The van der Waals surface area contributed by atoms with E-state index in [9.17, 15) is 10.2 Å². The van der Waals surface area contributed by atoms with Gasteiger partial charge in [0.2, 0.25) is 0 Å². The normalized spacial score (nSPS) is 17.7. The van der Waals surface area contributed by atoms with Crippen molar-refractivity contribution in [3.63, 3.8) is 0 Å². The number of nitrogens with zero attached hydrogens (tertiary/aromatic N) is 1. The molecule has 4 nitrogen and oxygen atoms in total. The molecule has 0 spiro atoms. The Kier molecular flexibility index (Phi) is 4.09. The molecule has 1 heterocycles. The number of hydrogen-bond acceptors (Lipinski definition) is 4. The standard InChI is InChI=1S/C14H22N2O2/c1-3-4-16(12-8-15-9-12)10(2)11-5-13(17)7-14(18)6-11/h5-7,10,12,15,17-18H,3-4,8-9H2,1-2H3. The fourth-order valence-corrected chi connectivity index (χ4v) is 2.51. The molecule has 2 rings (SSSR count). The van der Waals surface area contributed by atoms with Gasteiger partial charge in [0.25, 0.3) is 0 Å². The second-order valence-electron chi connectivity index (χ2n) is 5.01. The van der Waals surface area contributed by atoms with Gasteiger partial charge >= 0.3 is 0 Å². The number of phenolic OH excluding ortho intramolecular Hbond substituents is 2. The van der Waals surface area contributed by atoms with Crippen molar-refractivity contribution in [2.45, 2.75) is 32.4 Å². The van der Waals surface area contributed by atoms with Crippen LogP contribution in [0, 0.1) is 0 Å². The van der Waals surface area contributed by atoms with Gasteiger partial charge in [-0.3, -0.25) is 4.90 Å². The van der Waals surface area contributed by atoms with Gasteiger partial charge < -0.3 is 15.5 Å². The van der Waals surface area contributed by atoms with E-state index in [1.807, 2.05) is 0 Å². The molecule has 0 radical (unpaired) electrons. The van der Waals surface area contributed by atoms with E-state index in [2.05, 4.69) is 24.1 Å². The maximum atomic E-state index is 9.57. The highest BCUT2D eigenvalue weighted by molar-refractivity contribution is 5.38. The summed E-state index contributed by atoms with van der Waals surface area (Å²) in [6, 6.07) is 5.60. The van der Waals surface area contributed by atoms with Gasteiger partial charge in [0.1, 0.15) is 11.5 Å². The van der Waals surface area contributed by atoms with Crippen LogP contribution >= 0.6 is 0 Å². The van der Waals surface area contributed by atoms with Crippen molar-refractivity contribution in [1.29, 1.82) is 0 Å². The lowest BCUT2D eigenvalue weighted by Crippen LogP contribution is -2.57. The van der Waals surface area contributed by atoms with E-state index in [1.165, 1.54) is 6.07 Å². The monoisotopic (exact) mass is 250 g/mol. The first kappa shape index (κ1) is 13.2. The number of phenols is 2. The molecule has 1 atom stereocenters. The van der Waals surface area contributed by atoms with Crippen molar-refractivity contribution in [2.75, 3.05) is 19.6 Å². The van der Waals surface area contributed by atoms with E-state index in [0.29, 0.717) is 6.04 Å². The molecule has 3 N–H and O–H groups in total. The predicted molar refractivity (Wildman–Crippen MR) is 71.8 cm³/mol. The fourth-order valence-electron chi connectivity index (χ4n) is 2.51. The summed E-state index contributed by atoms with van der Waals surface area (Å²) in [5.74, 6) is 0.250. The van der Waals surface area contributed by atoms with Crippen molar-refractivity contribution in [3.05, 3.63) is 23.8 Å². The van der Waals surface area contributed by atoms with Crippen LogP contribution in [0.5, 0.6) is 11.5 Å². The summed E-state index contributed by atoms with van der Waals surface area (Å²) in [6.45, 7) is 7.38. The van der Waals surface area contributed by atoms with Gasteiger partial charge in [-0.15, -0.1) is 0 Å². The summed E-state index contributed by atoms with van der Waals surface area (Å²) in [5.41, 5.74) is 0.966. The molecule has 0 amide bonds. The summed E-state index contributed by atoms with van der Waals surface area (Å²) in [7, 11) is 0. The first-order valence-electron chi connectivity index (χ1n) is 6.61. The second kappa shape index (κ2) is 5.59. The minimum atomic E-state index is 0.125. The van der Waals surface area contributed by atoms with Gasteiger partial charge in [0.05, 0.1) is 0 Å². The predicted octanol–water partition coefficient (Wildman–Crippen LogP) is 1.84. The Morgan fingerprint density at radius 2 is 1.89 bits per heavy atom. The largest absolute Gasteiger partial charge is 0.508 e. The van der Waals surface area contributed by atoms with Gasteiger partial charge in [0, 0.05) is 31.2 Å². The molecule has 1 aromatic carbocycles. The van der Waals surface area contributed by atoms with Crippen LogP contribution in [0.15, 0.2) is 18.2 Å². The SMILES string of the molecule is CCCN(C1CNC1)C(C)c1cc(O)cc(O)c1. The van der Waals surface area contributed by atoms with E-state index in [0.717, 1.165) is 31.6 Å². The van der Waals surface area contributed by atoms with E-state index in [1.54, 1.807) is 12.1 Å². The molecule has 100 valence electrons. The molecular formula is C14H22N2O2. The Morgan fingerprint density at radius 1 is 1.28 bits per heavy atom. The summed E-state index contributed by atoms with van der Waals surface area (Å²) in [6.07, 6.45) is 1.10. The first-order valence-corrected chi connectivity index (χ1v) is 6.61. The molecule has 1 aliphatic heterocycles.